The monoisotopic (exact) mass is 250 g/mol. The summed E-state index contributed by atoms with van der Waals surface area (Å²) in [5.74, 6) is 2.90. The van der Waals surface area contributed by atoms with Crippen LogP contribution in [-0.2, 0) is 0 Å². The van der Waals surface area contributed by atoms with Gasteiger partial charge in [-0.25, -0.2) is 0 Å². The Balaban J connectivity index is 2.25. The molecule has 0 spiro atoms. The second-order valence-electron chi connectivity index (χ2n) is 4.71. The van der Waals surface area contributed by atoms with Crippen LogP contribution in [-0.4, -0.2) is 0 Å². The summed E-state index contributed by atoms with van der Waals surface area (Å²) in [6, 6.07) is 4.05. The lowest BCUT2D eigenvalue weighted by Crippen LogP contribution is -1.88. The van der Waals surface area contributed by atoms with Gasteiger partial charge < -0.3 is 8.83 Å². The van der Waals surface area contributed by atoms with Crippen LogP contribution < -0.4 is 0 Å². The van der Waals surface area contributed by atoms with Crippen molar-refractivity contribution >= 4 is 11.8 Å². The van der Waals surface area contributed by atoms with Gasteiger partial charge >= 0.3 is 0 Å². The number of rotatable bonds is 4. The fourth-order valence-electron chi connectivity index (χ4n) is 1.75. The summed E-state index contributed by atoms with van der Waals surface area (Å²) in [6.45, 7) is 8.56. The van der Waals surface area contributed by atoms with Crippen LogP contribution in [0, 0.1) is 0 Å². The predicted molar refractivity (Wildman–Crippen MR) is 69.7 cm³/mol. The van der Waals surface area contributed by atoms with Crippen LogP contribution in [0.1, 0.15) is 51.1 Å². The highest BCUT2D eigenvalue weighted by atomic mass is 32.2. The zero-order valence-electron chi connectivity index (χ0n) is 10.7. The van der Waals surface area contributed by atoms with Gasteiger partial charge in [-0.1, -0.05) is 39.5 Å². The van der Waals surface area contributed by atoms with E-state index in [0.717, 1.165) is 11.5 Å². The van der Waals surface area contributed by atoms with E-state index >= 15 is 0 Å². The molecule has 0 fully saturated rings. The summed E-state index contributed by atoms with van der Waals surface area (Å²) in [4.78, 5) is 2.37. The molecule has 0 saturated heterocycles. The van der Waals surface area contributed by atoms with Crippen LogP contribution in [0.25, 0.3) is 0 Å². The van der Waals surface area contributed by atoms with E-state index in [1.165, 1.54) is 9.79 Å². The van der Waals surface area contributed by atoms with Crippen LogP contribution in [0.3, 0.4) is 0 Å². The van der Waals surface area contributed by atoms with E-state index in [0.29, 0.717) is 11.8 Å². The van der Waals surface area contributed by atoms with Gasteiger partial charge in [0.2, 0.25) is 0 Å². The minimum atomic E-state index is 0.405. The van der Waals surface area contributed by atoms with Gasteiger partial charge in [-0.3, -0.25) is 0 Å². The fraction of sp³-hybridized carbons (Fsp3) is 0.429. The standard InChI is InChI=1S/C14H18O2S/c1-9(2)13-11(5-7-15-13)17-12-6-8-16-14(12)10(3)4/h5-10H,1-4H3. The van der Waals surface area contributed by atoms with Crippen molar-refractivity contribution in [2.75, 3.05) is 0 Å². The maximum atomic E-state index is 5.52. The molecule has 0 radical (unpaired) electrons. The highest BCUT2D eigenvalue weighted by Gasteiger charge is 2.16. The molecule has 2 nitrogen and oxygen atoms in total. The molecule has 17 heavy (non-hydrogen) atoms. The average molecular weight is 250 g/mol. The molecular formula is C14H18O2S. The van der Waals surface area contributed by atoms with Crippen LogP contribution in [0.4, 0.5) is 0 Å². The largest absolute Gasteiger partial charge is 0.468 e. The Morgan fingerprint density at radius 1 is 0.824 bits per heavy atom. The SMILES string of the molecule is CC(C)c1occc1Sc1ccoc1C(C)C. The smallest absolute Gasteiger partial charge is 0.120 e. The molecule has 3 heteroatoms. The van der Waals surface area contributed by atoms with Gasteiger partial charge in [-0.15, -0.1) is 0 Å². The Labute approximate surface area is 106 Å². The topological polar surface area (TPSA) is 26.3 Å². The highest BCUT2D eigenvalue weighted by Crippen LogP contribution is 2.38. The van der Waals surface area contributed by atoms with Crippen molar-refractivity contribution < 1.29 is 8.83 Å². The molecule has 92 valence electrons. The molecular weight excluding hydrogens is 232 g/mol. The average Bonchev–Trinajstić information content (AvgIpc) is 2.86. The number of hydrogen-bond donors (Lipinski definition) is 0. The van der Waals surface area contributed by atoms with Crippen molar-refractivity contribution in [1.82, 2.24) is 0 Å². The van der Waals surface area contributed by atoms with E-state index in [-0.39, 0.29) is 0 Å². The summed E-state index contributed by atoms with van der Waals surface area (Å²) in [5, 5.41) is 0. The molecule has 0 aromatic carbocycles. The van der Waals surface area contributed by atoms with E-state index in [4.69, 9.17) is 8.83 Å². The zero-order chi connectivity index (χ0) is 12.4. The van der Waals surface area contributed by atoms with Gasteiger partial charge in [-0.05, 0) is 12.1 Å². The summed E-state index contributed by atoms with van der Waals surface area (Å²) >= 11 is 1.72. The molecule has 0 bridgehead atoms. The van der Waals surface area contributed by atoms with Gasteiger partial charge in [0, 0.05) is 11.8 Å². The molecule has 2 aromatic heterocycles. The van der Waals surface area contributed by atoms with Gasteiger partial charge in [0.1, 0.15) is 11.5 Å². The van der Waals surface area contributed by atoms with Gasteiger partial charge in [0.15, 0.2) is 0 Å². The van der Waals surface area contributed by atoms with E-state index in [9.17, 15) is 0 Å². The predicted octanol–water partition coefficient (Wildman–Crippen LogP) is 5.27. The van der Waals surface area contributed by atoms with Crippen molar-refractivity contribution in [2.45, 2.75) is 49.3 Å². The Morgan fingerprint density at radius 2 is 1.24 bits per heavy atom. The van der Waals surface area contributed by atoms with E-state index in [1.54, 1.807) is 24.3 Å². The first-order valence-corrected chi connectivity index (χ1v) is 6.74. The molecule has 0 amide bonds. The van der Waals surface area contributed by atoms with Crippen molar-refractivity contribution in [3.8, 4) is 0 Å². The molecule has 2 heterocycles. The third-order valence-electron chi connectivity index (χ3n) is 2.58. The molecule has 0 atom stereocenters. The normalized spacial score (nSPS) is 11.6. The molecule has 0 aliphatic rings. The van der Waals surface area contributed by atoms with E-state index in [1.807, 2.05) is 12.1 Å². The Hall–Kier alpha value is -1.09. The molecule has 2 aromatic rings. The third-order valence-corrected chi connectivity index (χ3v) is 3.70. The lowest BCUT2D eigenvalue weighted by atomic mass is 10.2. The Morgan fingerprint density at radius 3 is 1.59 bits per heavy atom. The summed E-state index contributed by atoms with van der Waals surface area (Å²) in [6.07, 6.45) is 3.51. The third kappa shape index (κ3) is 2.60. The molecule has 2 rings (SSSR count). The highest BCUT2D eigenvalue weighted by molar-refractivity contribution is 7.99. The molecule has 0 aliphatic carbocycles. The molecule has 0 saturated carbocycles. The first-order chi connectivity index (χ1) is 8.09. The lowest BCUT2D eigenvalue weighted by molar-refractivity contribution is 0.475. The van der Waals surface area contributed by atoms with Crippen molar-refractivity contribution in [3.05, 3.63) is 36.2 Å². The number of furan rings is 2. The first kappa shape index (κ1) is 12.4. The molecule has 0 unspecified atom stereocenters. The van der Waals surface area contributed by atoms with Crippen LogP contribution >= 0.6 is 11.8 Å². The summed E-state index contributed by atoms with van der Waals surface area (Å²) < 4.78 is 11.0. The number of hydrogen-bond acceptors (Lipinski definition) is 3. The van der Waals surface area contributed by atoms with E-state index < -0.39 is 0 Å². The van der Waals surface area contributed by atoms with Crippen molar-refractivity contribution in [2.24, 2.45) is 0 Å². The van der Waals surface area contributed by atoms with Gasteiger partial charge in [0.25, 0.3) is 0 Å². The van der Waals surface area contributed by atoms with E-state index in [2.05, 4.69) is 27.7 Å². The van der Waals surface area contributed by atoms with Gasteiger partial charge in [0.05, 0.1) is 22.3 Å². The first-order valence-electron chi connectivity index (χ1n) is 5.92. The minimum absolute atomic E-state index is 0.405. The molecule has 0 N–H and O–H groups in total. The van der Waals surface area contributed by atoms with Crippen LogP contribution in [0.15, 0.2) is 43.3 Å². The van der Waals surface area contributed by atoms with Crippen molar-refractivity contribution in [1.29, 1.82) is 0 Å². The van der Waals surface area contributed by atoms with Crippen LogP contribution in [0.2, 0.25) is 0 Å². The van der Waals surface area contributed by atoms with Crippen molar-refractivity contribution in [3.63, 3.8) is 0 Å². The Bertz CT molecular complexity index is 436. The molecule has 0 aliphatic heterocycles. The quantitative estimate of drug-likeness (QED) is 0.739. The maximum absolute atomic E-state index is 5.52. The summed E-state index contributed by atoms with van der Waals surface area (Å²) in [7, 11) is 0. The Kier molecular flexibility index (Phi) is 3.67. The maximum Gasteiger partial charge on any atom is 0.120 e. The fourth-order valence-corrected chi connectivity index (χ4v) is 3.00. The second-order valence-corrected chi connectivity index (χ2v) is 5.79. The minimum Gasteiger partial charge on any atom is -0.468 e. The lowest BCUT2D eigenvalue weighted by Gasteiger charge is -2.07. The zero-order valence-corrected chi connectivity index (χ0v) is 11.5. The summed E-state index contributed by atoms with van der Waals surface area (Å²) in [5.41, 5.74) is 0. The second kappa shape index (κ2) is 5.05. The van der Waals surface area contributed by atoms with Crippen LogP contribution in [0.5, 0.6) is 0 Å². The van der Waals surface area contributed by atoms with Gasteiger partial charge in [-0.2, -0.15) is 0 Å².